The molecule has 1 unspecified atom stereocenters. The van der Waals surface area contributed by atoms with Crippen molar-refractivity contribution < 1.29 is 22.0 Å². The van der Waals surface area contributed by atoms with Crippen molar-refractivity contribution in [2.45, 2.75) is 17.9 Å². The summed E-state index contributed by atoms with van der Waals surface area (Å²) in [6.07, 6.45) is 1.51. The average Bonchev–Trinajstić information content (AvgIpc) is 3.08. The van der Waals surface area contributed by atoms with Crippen LogP contribution in [0.5, 0.6) is 0 Å². The molecule has 0 N–H and O–H groups in total. The zero-order chi connectivity index (χ0) is 17.9. The Morgan fingerprint density at radius 2 is 1.83 bits per heavy atom. The number of sulfonamides is 1. The summed E-state index contributed by atoms with van der Waals surface area (Å²) in [6.45, 7) is 1.45. The van der Waals surface area contributed by atoms with E-state index < -0.39 is 15.8 Å². The highest BCUT2D eigenvalue weighted by Gasteiger charge is 2.26. The molecule has 1 aromatic heterocycles. The molecule has 8 heteroatoms. The van der Waals surface area contributed by atoms with E-state index in [0.29, 0.717) is 5.76 Å². The first kappa shape index (κ1) is 18.2. The van der Waals surface area contributed by atoms with E-state index in [0.717, 1.165) is 16.4 Å². The fourth-order valence-electron chi connectivity index (χ4n) is 2.11. The molecule has 1 atom stereocenters. The first-order chi connectivity index (χ1) is 11.2. The Bertz CT molecular complexity index is 788. The van der Waals surface area contributed by atoms with Gasteiger partial charge in [0.15, 0.2) is 0 Å². The fourth-order valence-corrected chi connectivity index (χ4v) is 3.23. The molecule has 6 nitrogen and oxygen atoms in total. The summed E-state index contributed by atoms with van der Waals surface area (Å²) in [6, 6.07) is 7.60. The monoisotopic (exact) mass is 354 g/mol. The smallest absolute Gasteiger partial charge is 0.243 e. The molecule has 0 saturated heterocycles. The Kier molecular flexibility index (Phi) is 5.40. The molecule has 24 heavy (non-hydrogen) atoms. The molecule has 1 amide bonds. The Hall–Kier alpha value is -2.19. The Morgan fingerprint density at radius 3 is 2.38 bits per heavy atom. The van der Waals surface area contributed by atoms with Crippen molar-refractivity contribution in [3.05, 3.63) is 54.2 Å². The Morgan fingerprint density at radius 1 is 1.21 bits per heavy atom. The first-order valence-corrected chi connectivity index (χ1v) is 8.68. The maximum atomic E-state index is 12.9. The van der Waals surface area contributed by atoms with Gasteiger partial charge in [0.05, 0.1) is 23.7 Å². The van der Waals surface area contributed by atoms with Crippen molar-refractivity contribution in [2.24, 2.45) is 0 Å². The van der Waals surface area contributed by atoms with E-state index in [1.165, 1.54) is 30.3 Å². The second-order valence-corrected chi connectivity index (χ2v) is 7.46. The van der Waals surface area contributed by atoms with Crippen molar-refractivity contribution >= 4 is 15.9 Å². The van der Waals surface area contributed by atoms with E-state index in [2.05, 4.69) is 0 Å². The van der Waals surface area contributed by atoms with Crippen molar-refractivity contribution in [2.75, 3.05) is 20.6 Å². The molecule has 0 fully saturated rings. The van der Waals surface area contributed by atoms with E-state index in [1.807, 2.05) is 0 Å². The summed E-state index contributed by atoms with van der Waals surface area (Å²) in [7, 11) is -0.983. The van der Waals surface area contributed by atoms with Gasteiger partial charge in [-0.2, -0.15) is 4.31 Å². The molecule has 0 spiro atoms. The molecule has 2 rings (SSSR count). The maximum Gasteiger partial charge on any atom is 0.243 e. The topological polar surface area (TPSA) is 70.8 Å². The standard InChI is InChI=1S/C16H19FN2O4S/c1-12(15-5-4-10-23-15)19(3)16(20)11-18(2)24(21,22)14-8-6-13(17)7-9-14/h4-10,12H,11H2,1-3H3. The number of hydrogen-bond acceptors (Lipinski definition) is 4. The Balaban J connectivity index is 2.09. The molecule has 0 bridgehead atoms. The van der Waals surface area contributed by atoms with E-state index in [-0.39, 0.29) is 23.4 Å². The van der Waals surface area contributed by atoms with Crippen molar-refractivity contribution in [1.82, 2.24) is 9.21 Å². The highest BCUT2D eigenvalue weighted by molar-refractivity contribution is 7.89. The molecule has 0 aliphatic heterocycles. The largest absolute Gasteiger partial charge is 0.467 e. The lowest BCUT2D eigenvalue weighted by molar-refractivity contribution is -0.132. The number of furan rings is 1. The lowest BCUT2D eigenvalue weighted by Gasteiger charge is -2.25. The highest BCUT2D eigenvalue weighted by atomic mass is 32.2. The number of halogens is 1. The molecule has 1 heterocycles. The molecule has 130 valence electrons. The van der Waals surface area contributed by atoms with E-state index in [9.17, 15) is 17.6 Å². The number of likely N-dealkylation sites (N-methyl/N-ethyl adjacent to an activating group) is 2. The van der Waals surface area contributed by atoms with Gasteiger partial charge in [0, 0.05) is 14.1 Å². The number of nitrogens with zero attached hydrogens (tertiary/aromatic N) is 2. The molecule has 0 aliphatic carbocycles. The van der Waals surface area contributed by atoms with Gasteiger partial charge in [-0.3, -0.25) is 4.79 Å². The van der Waals surface area contributed by atoms with Crippen LogP contribution in [0.3, 0.4) is 0 Å². The van der Waals surface area contributed by atoms with E-state index >= 15 is 0 Å². The van der Waals surface area contributed by atoms with Gasteiger partial charge in [-0.05, 0) is 43.3 Å². The minimum absolute atomic E-state index is 0.0686. The SMILES string of the molecule is CC(c1ccco1)N(C)C(=O)CN(C)S(=O)(=O)c1ccc(F)cc1. The summed E-state index contributed by atoms with van der Waals surface area (Å²) in [5.41, 5.74) is 0. The normalized spacial score (nSPS) is 13.0. The molecule has 0 aliphatic rings. The van der Waals surface area contributed by atoms with Crippen LogP contribution in [0, 0.1) is 5.82 Å². The zero-order valence-corrected chi connectivity index (χ0v) is 14.5. The number of rotatable bonds is 6. The molecule has 1 aromatic carbocycles. The fraction of sp³-hybridized carbons (Fsp3) is 0.312. The van der Waals surface area contributed by atoms with Crippen molar-refractivity contribution in [3.8, 4) is 0 Å². The van der Waals surface area contributed by atoms with E-state index in [1.54, 1.807) is 26.1 Å². The molecular formula is C16H19FN2O4S. The lowest BCUT2D eigenvalue weighted by atomic mass is 10.2. The van der Waals surface area contributed by atoms with Gasteiger partial charge in [0.1, 0.15) is 11.6 Å². The third-order valence-corrected chi connectivity index (χ3v) is 5.63. The van der Waals surface area contributed by atoms with Gasteiger partial charge in [-0.15, -0.1) is 0 Å². The van der Waals surface area contributed by atoms with Crippen LogP contribution in [0.4, 0.5) is 4.39 Å². The van der Waals surface area contributed by atoms with Gasteiger partial charge >= 0.3 is 0 Å². The average molecular weight is 354 g/mol. The van der Waals surface area contributed by atoms with Gasteiger partial charge < -0.3 is 9.32 Å². The predicted octanol–water partition coefficient (Wildman–Crippen LogP) is 2.26. The number of carbonyl (C=O) groups is 1. The molecular weight excluding hydrogens is 335 g/mol. The van der Waals surface area contributed by atoms with Crippen LogP contribution in [0.1, 0.15) is 18.7 Å². The number of amides is 1. The molecule has 2 aromatic rings. The quantitative estimate of drug-likeness (QED) is 0.798. The van der Waals surface area contributed by atoms with Crippen molar-refractivity contribution in [3.63, 3.8) is 0 Å². The van der Waals surface area contributed by atoms with E-state index in [4.69, 9.17) is 4.42 Å². The van der Waals surface area contributed by atoms with Crippen LogP contribution in [0.25, 0.3) is 0 Å². The number of hydrogen-bond donors (Lipinski definition) is 0. The maximum absolute atomic E-state index is 12.9. The minimum Gasteiger partial charge on any atom is -0.467 e. The van der Waals surface area contributed by atoms with Crippen LogP contribution >= 0.6 is 0 Å². The summed E-state index contributed by atoms with van der Waals surface area (Å²) in [4.78, 5) is 13.7. The number of carbonyl (C=O) groups excluding carboxylic acids is 1. The summed E-state index contributed by atoms with van der Waals surface area (Å²) in [5.74, 6) is -0.304. The van der Waals surface area contributed by atoms with Crippen molar-refractivity contribution in [1.29, 1.82) is 0 Å². The van der Waals surface area contributed by atoms with Crippen LogP contribution in [-0.2, 0) is 14.8 Å². The van der Waals surface area contributed by atoms with Gasteiger partial charge in [-0.1, -0.05) is 0 Å². The lowest BCUT2D eigenvalue weighted by Crippen LogP contribution is -2.40. The van der Waals surface area contributed by atoms with Crippen LogP contribution in [0.2, 0.25) is 0 Å². The van der Waals surface area contributed by atoms with Gasteiger partial charge in [0.2, 0.25) is 15.9 Å². The predicted molar refractivity (Wildman–Crippen MR) is 86.1 cm³/mol. The summed E-state index contributed by atoms with van der Waals surface area (Å²) >= 11 is 0. The zero-order valence-electron chi connectivity index (χ0n) is 13.6. The van der Waals surface area contributed by atoms with Crippen LogP contribution < -0.4 is 0 Å². The number of benzene rings is 1. The van der Waals surface area contributed by atoms with Gasteiger partial charge in [-0.25, -0.2) is 12.8 Å². The summed E-state index contributed by atoms with van der Waals surface area (Å²) < 4.78 is 44.0. The minimum atomic E-state index is -3.87. The molecule has 0 saturated carbocycles. The summed E-state index contributed by atoms with van der Waals surface area (Å²) in [5, 5.41) is 0. The second kappa shape index (κ2) is 7.14. The van der Waals surface area contributed by atoms with Crippen LogP contribution in [0.15, 0.2) is 52.0 Å². The van der Waals surface area contributed by atoms with Gasteiger partial charge in [0.25, 0.3) is 0 Å². The Labute approximate surface area is 140 Å². The first-order valence-electron chi connectivity index (χ1n) is 7.24. The van der Waals surface area contributed by atoms with Crippen LogP contribution in [-0.4, -0.2) is 44.2 Å². The second-order valence-electron chi connectivity index (χ2n) is 5.41. The third-order valence-electron chi connectivity index (χ3n) is 3.81. The molecule has 0 radical (unpaired) electrons. The highest BCUT2D eigenvalue weighted by Crippen LogP contribution is 2.20. The third kappa shape index (κ3) is 3.82.